The van der Waals surface area contributed by atoms with Crippen molar-refractivity contribution in [3.8, 4) is 0 Å². The second-order valence-electron chi connectivity index (χ2n) is 7.38. The molecule has 25 heavy (non-hydrogen) atoms. The Labute approximate surface area is 150 Å². The Morgan fingerprint density at radius 1 is 1.16 bits per heavy atom. The van der Waals surface area contributed by atoms with E-state index in [1.807, 2.05) is 11.0 Å². The van der Waals surface area contributed by atoms with Crippen LogP contribution in [0.4, 0.5) is 4.39 Å². The number of likely N-dealkylation sites (N-methyl/N-ethyl adjacent to an activating group) is 1. The molecule has 0 unspecified atom stereocenters. The van der Waals surface area contributed by atoms with Gasteiger partial charge in [-0.25, -0.2) is 4.39 Å². The quantitative estimate of drug-likeness (QED) is 0.819. The standard InChI is InChI=1S/C20H30FN3O/c1-3-22-11-13-23(14-12-22)9-8-19(25)24-10-7-16(2)20(24)17-5-4-6-18(21)15-17/h4-6,15-16,20H,3,7-14H2,1-2H3/t16-,20+/m1/s1. The van der Waals surface area contributed by atoms with Crippen LogP contribution in [0.15, 0.2) is 24.3 Å². The molecule has 2 heterocycles. The SMILES string of the molecule is CCN1CCN(CCC(=O)N2CC[C@@H](C)[C@H]2c2cccc(F)c2)CC1. The van der Waals surface area contributed by atoms with Crippen LogP contribution in [0.1, 0.15) is 38.3 Å². The topological polar surface area (TPSA) is 26.8 Å². The number of rotatable bonds is 5. The molecule has 2 aliphatic rings. The Kier molecular flexibility index (Phi) is 6.07. The summed E-state index contributed by atoms with van der Waals surface area (Å²) in [6, 6.07) is 6.74. The maximum Gasteiger partial charge on any atom is 0.224 e. The van der Waals surface area contributed by atoms with Gasteiger partial charge in [0.1, 0.15) is 5.82 Å². The number of amides is 1. The molecule has 0 aromatic heterocycles. The first-order valence-corrected chi connectivity index (χ1v) is 9.58. The van der Waals surface area contributed by atoms with Gasteiger partial charge in [-0.05, 0) is 36.6 Å². The third-order valence-electron chi connectivity index (χ3n) is 5.76. The molecule has 2 aliphatic heterocycles. The van der Waals surface area contributed by atoms with Crippen LogP contribution >= 0.6 is 0 Å². The summed E-state index contributed by atoms with van der Waals surface area (Å²) in [6.45, 7) is 11.4. The van der Waals surface area contributed by atoms with Gasteiger partial charge in [-0.2, -0.15) is 0 Å². The van der Waals surface area contributed by atoms with E-state index in [9.17, 15) is 9.18 Å². The largest absolute Gasteiger partial charge is 0.335 e. The Hall–Kier alpha value is -1.46. The Morgan fingerprint density at radius 3 is 2.56 bits per heavy atom. The van der Waals surface area contributed by atoms with Crippen molar-refractivity contribution in [3.05, 3.63) is 35.6 Å². The lowest BCUT2D eigenvalue weighted by molar-refractivity contribution is -0.133. The molecule has 138 valence electrons. The van der Waals surface area contributed by atoms with Crippen LogP contribution in [0.3, 0.4) is 0 Å². The van der Waals surface area contributed by atoms with E-state index < -0.39 is 0 Å². The highest BCUT2D eigenvalue weighted by molar-refractivity contribution is 5.77. The maximum absolute atomic E-state index is 13.6. The van der Waals surface area contributed by atoms with Crippen LogP contribution in [0.5, 0.6) is 0 Å². The van der Waals surface area contributed by atoms with Crippen molar-refractivity contribution in [2.75, 3.05) is 45.8 Å². The van der Waals surface area contributed by atoms with Crippen molar-refractivity contribution in [2.24, 2.45) is 5.92 Å². The molecule has 0 N–H and O–H groups in total. The Balaban J connectivity index is 1.57. The molecule has 3 rings (SSSR count). The lowest BCUT2D eigenvalue weighted by Crippen LogP contribution is -2.47. The minimum Gasteiger partial charge on any atom is -0.335 e. The maximum atomic E-state index is 13.6. The highest BCUT2D eigenvalue weighted by atomic mass is 19.1. The third kappa shape index (κ3) is 4.39. The van der Waals surface area contributed by atoms with E-state index in [0.717, 1.165) is 57.8 Å². The van der Waals surface area contributed by atoms with E-state index >= 15 is 0 Å². The van der Waals surface area contributed by atoms with E-state index in [1.54, 1.807) is 12.1 Å². The van der Waals surface area contributed by atoms with E-state index in [1.165, 1.54) is 6.07 Å². The molecule has 0 radical (unpaired) electrons. The van der Waals surface area contributed by atoms with Gasteiger partial charge in [-0.15, -0.1) is 0 Å². The average molecular weight is 347 g/mol. The van der Waals surface area contributed by atoms with Gasteiger partial charge < -0.3 is 14.7 Å². The summed E-state index contributed by atoms with van der Waals surface area (Å²) in [5.41, 5.74) is 0.926. The number of carbonyl (C=O) groups excluding carboxylic acids is 1. The first kappa shape index (κ1) is 18.3. The number of hydrogen-bond acceptors (Lipinski definition) is 3. The smallest absolute Gasteiger partial charge is 0.224 e. The van der Waals surface area contributed by atoms with Gasteiger partial charge in [0.25, 0.3) is 0 Å². The second kappa shape index (κ2) is 8.28. The zero-order valence-electron chi connectivity index (χ0n) is 15.5. The molecule has 1 aromatic carbocycles. The van der Waals surface area contributed by atoms with Gasteiger partial charge in [0, 0.05) is 45.7 Å². The van der Waals surface area contributed by atoms with Crippen LogP contribution in [0, 0.1) is 11.7 Å². The van der Waals surface area contributed by atoms with E-state index in [2.05, 4.69) is 23.6 Å². The number of nitrogens with zero attached hydrogens (tertiary/aromatic N) is 3. The first-order valence-electron chi connectivity index (χ1n) is 9.58. The van der Waals surface area contributed by atoms with Crippen molar-refractivity contribution in [3.63, 3.8) is 0 Å². The van der Waals surface area contributed by atoms with Crippen molar-refractivity contribution >= 4 is 5.91 Å². The summed E-state index contributed by atoms with van der Waals surface area (Å²) in [6.07, 6.45) is 1.55. The molecular formula is C20H30FN3O. The zero-order chi connectivity index (χ0) is 17.8. The lowest BCUT2D eigenvalue weighted by atomic mass is 9.95. The fraction of sp³-hybridized carbons (Fsp3) is 0.650. The molecule has 4 nitrogen and oxygen atoms in total. The zero-order valence-corrected chi connectivity index (χ0v) is 15.5. The normalized spacial score (nSPS) is 25.5. The fourth-order valence-corrected chi connectivity index (χ4v) is 4.15. The highest BCUT2D eigenvalue weighted by Gasteiger charge is 2.35. The molecule has 5 heteroatoms. The van der Waals surface area contributed by atoms with E-state index in [-0.39, 0.29) is 17.8 Å². The van der Waals surface area contributed by atoms with Gasteiger partial charge >= 0.3 is 0 Å². The Bertz CT molecular complexity index is 586. The fourth-order valence-electron chi connectivity index (χ4n) is 4.15. The van der Waals surface area contributed by atoms with Crippen LogP contribution < -0.4 is 0 Å². The van der Waals surface area contributed by atoms with E-state index in [0.29, 0.717) is 12.3 Å². The number of hydrogen-bond donors (Lipinski definition) is 0. The van der Waals surface area contributed by atoms with Gasteiger partial charge in [-0.3, -0.25) is 4.79 Å². The Morgan fingerprint density at radius 2 is 1.88 bits per heavy atom. The predicted molar refractivity (Wildman–Crippen MR) is 97.8 cm³/mol. The molecule has 2 atom stereocenters. The molecular weight excluding hydrogens is 317 g/mol. The molecule has 0 bridgehead atoms. The second-order valence-corrected chi connectivity index (χ2v) is 7.38. The lowest BCUT2D eigenvalue weighted by Gasteiger charge is -2.34. The van der Waals surface area contributed by atoms with Crippen molar-refractivity contribution in [1.29, 1.82) is 0 Å². The van der Waals surface area contributed by atoms with Crippen LogP contribution in [-0.4, -0.2) is 66.4 Å². The van der Waals surface area contributed by atoms with Crippen molar-refractivity contribution < 1.29 is 9.18 Å². The molecule has 2 fully saturated rings. The summed E-state index contributed by atoms with van der Waals surface area (Å²) >= 11 is 0. The number of benzene rings is 1. The molecule has 1 aromatic rings. The van der Waals surface area contributed by atoms with Crippen LogP contribution in [-0.2, 0) is 4.79 Å². The molecule has 0 spiro atoms. The van der Waals surface area contributed by atoms with Crippen molar-refractivity contribution in [1.82, 2.24) is 14.7 Å². The summed E-state index contributed by atoms with van der Waals surface area (Å²) in [4.78, 5) is 19.6. The number of likely N-dealkylation sites (tertiary alicyclic amines) is 1. The summed E-state index contributed by atoms with van der Waals surface area (Å²) in [7, 11) is 0. The molecule has 2 saturated heterocycles. The van der Waals surface area contributed by atoms with Gasteiger partial charge in [0.15, 0.2) is 0 Å². The summed E-state index contributed by atoms with van der Waals surface area (Å²) < 4.78 is 13.6. The van der Waals surface area contributed by atoms with Crippen molar-refractivity contribution in [2.45, 2.75) is 32.7 Å². The van der Waals surface area contributed by atoms with Gasteiger partial charge in [0.2, 0.25) is 5.91 Å². The number of carbonyl (C=O) groups is 1. The summed E-state index contributed by atoms with van der Waals surface area (Å²) in [5.74, 6) is 0.355. The predicted octanol–water partition coefficient (Wildman–Crippen LogP) is 2.76. The van der Waals surface area contributed by atoms with Crippen LogP contribution in [0.2, 0.25) is 0 Å². The molecule has 0 saturated carbocycles. The first-order chi connectivity index (χ1) is 12.1. The minimum absolute atomic E-state index is 0.0140. The van der Waals surface area contributed by atoms with E-state index in [4.69, 9.17) is 0 Å². The van der Waals surface area contributed by atoms with Gasteiger partial charge in [0.05, 0.1) is 6.04 Å². The third-order valence-corrected chi connectivity index (χ3v) is 5.76. The minimum atomic E-state index is -0.224. The number of piperazine rings is 1. The average Bonchev–Trinajstić information content (AvgIpc) is 3.01. The van der Waals surface area contributed by atoms with Crippen LogP contribution in [0.25, 0.3) is 0 Å². The molecule has 1 amide bonds. The summed E-state index contributed by atoms with van der Waals surface area (Å²) in [5, 5.41) is 0. The van der Waals surface area contributed by atoms with Gasteiger partial charge in [-0.1, -0.05) is 26.0 Å². The highest BCUT2D eigenvalue weighted by Crippen LogP contribution is 2.37. The number of halogens is 1. The monoisotopic (exact) mass is 347 g/mol. The molecule has 0 aliphatic carbocycles.